The van der Waals surface area contributed by atoms with Gasteiger partial charge in [0.1, 0.15) is 11.4 Å². The van der Waals surface area contributed by atoms with Crippen molar-refractivity contribution in [2.45, 2.75) is 19.9 Å². The molecule has 0 spiro atoms. The van der Waals surface area contributed by atoms with Crippen molar-refractivity contribution in [3.63, 3.8) is 0 Å². The Bertz CT molecular complexity index is 2080. The maximum absolute atomic E-state index is 14.2. The Hall–Kier alpha value is -5.56. The van der Waals surface area contributed by atoms with Crippen LogP contribution in [0.4, 0.5) is 4.39 Å². The predicted octanol–water partition coefficient (Wildman–Crippen LogP) is 4.11. The average Bonchev–Trinajstić information content (AvgIpc) is 3.53. The van der Waals surface area contributed by atoms with E-state index in [9.17, 15) is 14.0 Å². The summed E-state index contributed by atoms with van der Waals surface area (Å²) < 4.78 is 18.5. The predicted molar refractivity (Wildman–Crippen MR) is 152 cm³/mol. The molecule has 0 unspecified atom stereocenters. The van der Waals surface area contributed by atoms with Crippen LogP contribution >= 0.6 is 0 Å². The summed E-state index contributed by atoms with van der Waals surface area (Å²) in [5.74, 6) is 5.37. The Morgan fingerprint density at radius 1 is 1.10 bits per heavy atom. The first-order valence-corrected chi connectivity index (χ1v) is 12.9. The standard InChI is InChI=1S/C31H24FN7O2/c1-19(35-30(40)27-20(2)36-38-15-5-14-33-29(27)38)26-16-23-7-4-6-22(9-8-21-17-34-37(3)18-21)28(23)31(41)39(26)25-12-10-24(32)11-13-25/h4-7,10-19H,1-3H3,(H,35,40)/t19-/m1/s1. The van der Waals surface area contributed by atoms with Crippen molar-refractivity contribution in [2.24, 2.45) is 7.05 Å². The Morgan fingerprint density at radius 2 is 1.90 bits per heavy atom. The molecule has 1 amide bonds. The van der Waals surface area contributed by atoms with Crippen LogP contribution in [0.2, 0.25) is 0 Å². The summed E-state index contributed by atoms with van der Waals surface area (Å²) in [6.45, 7) is 3.53. The number of fused-ring (bicyclic) bond motifs is 2. The molecule has 0 radical (unpaired) electrons. The summed E-state index contributed by atoms with van der Waals surface area (Å²) in [6.07, 6.45) is 6.76. The first-order valence-electron chi connectivity index (χ1n) is 12.9. The second-order valence-electron chi connectivity index (χ2n) is 9.65. The van der Waals surface area contributed by atoms with Crippen molar-refractivity contribution in [3.05, 3.63) is 124 Å². The number of benzene rings is 2. The molecule has 0 saturated carbocycles. The van der Waals surface area contributed by atoms with E-state index in [1.165, 1.54) is 28.8 Å². The van der Waals surface area contributed by atoms with Gasteiger partial charge in [-0.2, -0.15) is 10.2 Å². The van der Waals surface area contributed by atoms with Gasteiger partial charge in [0.15, 0.2) is 5.65 Å². The van der Waals surface area contributed by atoms with Crippen molar-refractivity contribution >= 4 is 22.3 Å². The van der Waals surface area contributed by atoms with E-state index in [-0.39, 0.29) is 11.5 Å². The molecule has 9 nitrogen and oxygen atoms in total. The molecule has 0 aliphatic carbocycles. The van der Waals surface area contributed by atoms with Gasteiger partial charge in [-0.3, -0.25) is 18.8 Å². The largest absolute Gasteiger partial charge is 0.344 e. The molecule has 0 fully saturated rings. The number of nitrogens with one attached hydrogen (secondary N) is 1. The molecule has 0 aliphatic rings. The van der Waals surface area contributed by atoms with Crippen LogP contribution in [0, 0.1) is 24.6 Å². The molecule has 0 bridgehead atoms. The summed E-state index contributed by atoms with van der Waals surface area (Å²) in [6, 6.07) is 14.1. The minimum Gasteiger partial charge on any atom is -0.344 e. The number of carbonyl (C=O) groups excluding carboxylic acids is 1. The molecule has 41 heavy (non-hydrogen) atoms. The summed E-state index contributed by atoms with van der Waals surface area (Å²) in [5, 5.41) is 12.6. The zero-order valence-electron chi connectivity index (χ0n) is 22.5. The lowest BCUT2D eigenvalue weighted by Crippen LogP contribution is -2.32. The molecule has 10 heteroatoms. The summed E-state index contributed by atoms with van der Waals surface area (Å²) in [7, 11) is 1.80. The van der Waals surface area contributed by atoms with Crippen molar-refractivity contribution in [1.29, 1.82) is 0 Å². The highest BCUT2D eigenvalue weighted by atomic mass is 19.1. The molecule has 4 aromatic heterocycles. The Morgan fingerprint density at radius 3 is 2.66 bits per heavy atom. The first-order chi connectivity index (χ1) is 19.8. The summed E-state index contributed by atoms with van der Waals surface area (Å²) >= 11 is 0. The van der Waals surface area contributed by atoms with Gasteiger partial charge in [-0.25, -0.2) is 13.9 Å². The third kappa shape index (κ3) is 4.74. The molecule has 6 rings (SSSR count). The zero-order valence-corrected chi connectivity index (χ0v) is 22.5. The SMILES string of the molecule is Cc1nn2cccnc2c1C(=O)N[C@H](C)c1cc2cccc(C#Cc3cnn(C)c3)c2c(=O)n1-c1ccc(F)cc1. The van der Waals surface area contributed by atoms with Gasteiger partial charge >= 0.3 is 0 Å². The van der Waals surface area contributed by atoms with Gasteiger partial charge in [0, 0.05) is 42.6 Å². The highest BCUT2D eigenvalue weighted by Crippen LogP contribution is 2.24. The van der Waals surface area contributed by atoms with Crippen molar-refractivity contribution < 1.29 is 9.18 Å². The Balaban J connectivity index is 1.49. The van der Waals surface area contributed by atoms with Gasteiger partial charge in [-0.05, 0) is 61.7 Å². The topological polar surface area (TPSA) is 99.1 Å². The second-order valence-corrected chi connectivity index (χ2v) is 9.65. The molecule has 0 saturated heterocycles. The maximum Gasteiger partial charge on any atom is 0.264 e. The number of rotatable bonds is 4. The number of carbonyl (C=O) groups is 1. The van der Waals surface area contributed by atoms with E-state index >= 15 is 0 Å². The lowest BCUT2D eigenvalue weighted by atomic mass is 10.0. The normalized spacial score (nSPS) is 11.8. The molecule has 0 aliphatic heterocycles. The Labute approximate surface area is 233 Å². The van der Waals surface area contributed by atoms with Crippen LogP contribution in [-0.4, -0.2) is 34.9 Å². The third-order valence-corrected chi connectivity index (χ3v) is 6.80. The minimum atomic E-state index is -0.618. The fourth-order valence-corrected chi connectivity index (χ4v) is 4.89. The second kappa shape index (κ2) is 10.2. The highest BCUT2D eigenvalue weighted by molar-refractivity contribution is 6.01. The first kappa shape index (κ1) is 25.7. The average molecular weight is 546 g/mol. The van der Waals surface area contributed by atoms with E-state index in [4.69, 9.17) is 0 Å². The number of nitrogens with zero attached hydrogens (tertiary/aromatic N) is 6. The summed E-state index contributed by atoms with van der Waals surface area (Å²) in [4.78, 5) is 32.0. The zero-order chi connectivity index (χ0) is 28.7. The number of pyridine rings is 1. The molecular weight excluding hydrogens is 521 g/mol. The van der Waals surface area contributed by atoms with Crippen LogP contribution in [0.25, 0.3) is 22.1 Å². The molecule has 1 atom stereocenters. The molecule has 1 N–H and O–H groups in total. The van der Waals surface area contributed by atoms with E-state index in [0.717, 1.165) is 0 Å². The lowest BCUT2D eigenvalue weighted by Gasteiger charge is -2.21. The van der Waals surface area contributed by atoms with Gasteiger partial charge in [-0.1, -0.05) is 24.0 Å². The van der Waals surface area contributed by atoms with Crippen molar-refractivity contribution in [3.8, 4) is 17.5 Å². The number of aromatic nitrogens is 6. The smallest absolute Gasteiger partial charge is 0.264 e. The molecule has 2 aromatic carbocycles. The van der Waals surface area contributed by atoms with Crippen LogP contribution in [0.1, 0.15) is 45.8 Å². The minimum absolute atomic E-state index is 0.338. The molecule has 202 valence electrons. The van der Waals surface area contributed by atoms with Crippen molar-refractivity contribution in [2.75, 3.05) is 0 Å². The van der Waals surface area contributed by atoms with Crippen LogP contribution < -0.4 is 10.9 Å². The van der Waals surface area contributed by atoms with E-state index in [1.807, 2.05) is 18.2 Å². The quantitative estimate of drug-likeness (QED) is 0.336. The van der Waals surface area contributed by atoms with Gasteiger partial charge in [0.2, 0.25) is 0 Å². The van der Waals surface area contributed by atoms with E-state index in [0.29, 0.717) is 50.2 Å². The fraction of sp³-hybridized carbons (Fsp3) is 0.129. The van der Waals surface area contributed by atoms with Gasteiger partial charge in [0.25, 0.3) is 11.5 Å². The van der Waals surface area contributed by atoms with E-state index < -0.39 is 11.9 Å². The lowest BCUT2D eigenvalue weighted by molar-refractivity contribution is 0.0939. The van der Waals surface area contributed by atoms with Crippen LogP contribution in [0.3, 0.4) is 0 Å². The van der Waals surface area contributed by atoms with E-state index in [2.05, 4.69) is 32.3 Å². The monoisotopic (exact) mass is 545 g/mol. The van der Waals surface area contributed by atoms with Crippen molar-refractivity contribution in [1.82, 2.24) is 34.3 Å². The molecular formula is C31H24FN7O2. The van der Waals surface area contributed by atoms with Crippen LogP contribution in [0.5, 0.6) is 0 Å². The fourth-order valence-electron chi connectivity index (χ4n) is 4.89. The number of halogens is 1. The van der Waals surface area contributed by atoms with Gasteiger partial charge in [0.05, 0.1) is 28.9 Å². The number of amides is 1. The van der Waals surface area contributed by atoms with Crippen LogP contribution in [-0.2, 0) is 7.05 Å². The summed E-state index contributed by atoms with van der Waals surface area (Å²) in [5.41, 5.74) is 3.20. The van der Waals surface area contributed by atoms with Gasteiger partial charge < -0.3 is 5.32 Å². The highest BCUT2D eigenvalue weighted by Gasteiger charge is 2.23. The third-order valence-electron chi connectivity index (χ3n) is 6.80. The number of hydrogen-bond donors (Lipinski definition) is 1. The van der Waals surface area contributed by atoms with Gasteiger partial charge in [-0.15, -0.1) is 0 Å². The molecule has 6 aromatic rings. The van der Waals surface area contributed by atoms with E-state index in [1.54, 1.807) is 67.0 Å². The molecule has 4 heterocycles. The maximum atomic E-state index is 14.2. The van der Waals surface area contributed by atoms with Crippen LogP contribution in [0.15, 0.2) is 84.2 Å². The Kier molecular flexibility index (Phi) is 6.40. The number of aryl methyl sites for hydroxylation is 2. The number of hydrogen-bond acceptors (Lipinski definition) is 5.